The first kappa shape index (κ1) is 22.5. The van der Waals surface area contributed by atoms with Gasteiger partial charge in [0.15, 0.2) is 0 Å². The minimum absolute atomic E-state index is 0.0905. The van der Waals surface area contributed by atoms with Crippen molar-refractivity contribution in [1.29, 1.82) is 0 Å². The minimum atomic E-state index is -1.48. The lowest BCUT2D eigenvalue weighted by molar-refractivity contribution is -0.0769. The van der Waals surface area contributed by atoms with Gasteiger partial charge in [-0.05, 0) is 44.9 Å². The molecule has 0 unspecified atom stereocenters. The summed E-state index contributed by atoms with van der Waals surface area (Å²) >= 11 is 0. The zero-order valence-corrected chi connectivity index (χ0v) is 19.0. The molecule has 170 valence electrons. The van der Waals surface area contributed by atoms with Gasteiger partial charge in [0.1, 0.15) is 16.9 Å². The molecule has 7 nitrogen and oxygen atoms in total. The van der Waals surface area contributed by atoms with Gasteiger partial charge in [-0.3, -0.25) is 4.98 Å². The van der Waals surface area contributed by atoms with E-state index in [0.29, 0.717) is 35.3 Å². The van der Waals surface area contributed by atoms with E-state index in [-0.39, 0.29) is 11.7 Å². The lowest BCUT2D eigenvalue weighted by Crippen LogP contribution is -2.63. The molecule has 0 amide bonds. The van der Waals surface area contributed by atoms with Crippen LogP contribution in [0, 0.1) is 5.41 Å². The topological polar surface area (TPSA) is 104 Å². The van der Waals surface area contributed by atoms with Gasteiger partial charge in [0.25, 0.3) is 5.89 Å². The summed E-state index contributed by atoms with van der Waals surface area (Å²) in [5, 5.41) is 29.5. The molecular formula is C24H29FN4O3. The van der Waals surface area contributed by atoms with E-state index >= 15 is 0 Å². The Kier molecular flexibility index (Phi) is 5.23. The lowest BCUT2D eigenvalue weighted by atomic mass is 9.63. The largest absolute Gasteiger partial charge is 0.381 e. The number of aromatic nitrogens is 3. The second-order valence-corrected chi connectivity index (χ2v) is 9.87. The van der Waals surface area contributed by atoms with Crippen LogP contribution in [0.15, 0.2) is 47.2 Å². The van der Waals surface area contributed by atoms with Crippen LogP contribution < -0.4 is 5.32 Å². The number of aliphatic hydroxyl groups is 2. The molecule has 4 rings (SSSR count). The van der Waals surface area contributed by atoms with Gasteiger partial charge in [0.2, 0.25) is 5.82 Å². The highest BCUT2D eigenvalue weighted by molar-refractivity contribution is 5.56. The predicted molar refractivity (Wildman–Crippen MR) is 117 cm³/mol. The second-order valence-electron chi connectivity index (χ2n) is 9.87. The van der Waals surface area contributed by atoms with E-state index in [1.807, 2.05) is 6.92 Å². The van der Waals surface area contributed by atoms with Crippen molar-refractivity contribution in [2.45, 2.75) is 51.5 Å². The van der Waals surface area contributed by atoms with Crippen LogP contribution in [0.5, 0.6) is 0 Å². The number of nitrogens with zero attached hydrogens (tertiary/aromatic N) is 3. The van der Waals surface area contributed by atoms with E-state index in [2.05, 4.69) is 20.4 Å². The number of nitrogens with one attached hydrogen (secondary N) is 1. The maximum atomic E-state index is 14.4. The highest BCUT2D eigenvalue weighted by atomic mass is 19.1. The first-order valence-corrected chi connectivity index (χ1v) is 10.6. The smallest absolute Gasteiger partial charge is 0.258 e. The van der Waals surface area contributed by atoms with Crippen molar-refractivity contribution < 1.29 is 19.1 Å². The van der Waals surface area contributed by atoms with Crippen molar-refractivity contribution in [2.75, 3.05) is 13.1 Å². The fourth-order valence-electron chi connectivity index (χ4n) is 4.08. The predicted octanol–water partition coefficient (Wildman–Crippen LogP) is 3.41. The van der Waals surface area contributed by atoms with E-state index in [0.717, 1.165) is 0 Å². The molecule has 0 radical (unpaired) electrons. The Hall–Kier alpha value is -2.68. The Morgan fingerprint density at radius 2 is 1.62 bits per heavy atom. The van der Waals surface area contributed by atoms with Crippen LogP contribution in [-0.2, 0) is 16.9 Å². The molecule has 1 aliphatic rings. The zero-order chi connectivity index (χ0) is 23.4. The summed E-state index contributed by atoms with van der Waals surface area (Å²) in [5.74, 6) is 0.359. The van der Waals surface area contributed by atoms with Crippen LogP contribution in [0.25, 0.3) is 11.4 Å². The first-order valence-electron chi connectivity index (χ1n) is 10.6. The Morgan fingerprint density at radius 1 is 1.00 bits per heavy atom. The quantitative estimate of drug-likeness (QED) is 0.540. The van der Waals surface area contributed by atoms with Crippen molar-refractivity contribution in [1.82, 2.24) is 20.4 Å². The maximum Gasteiger partial charge on any atom is 0.258 e. The third kappa shape index (κ3) is 3.72. The number of halogens is 1. The molecule has 0 saturated carbocycles. The van der Waals surface area contributed by atoms with E-state index < -0.39 is 22.3 Å². The molecule has 3 heterocycles. The van der Waals surface area contributed by atoms with Crippen LogP contribution in [0.3, 0.4) is 0 Å². The standard InChI is InChI=1S/C24H29FN4O3/c1-21(2,25)16-6-8-17(9-7-16)24(31,23(5)13-27-14-23)18-10-15(11-26-12-18)19-28-20(32-29-19)22(3,4)30/h6-12,27,30-31H,13-14H2,1-5H3/t24-/m0/s1. The molecule has 32 heavy (non-hydrogen) atoms. The van der Waals surface area contributed by atoms with Crippen molar-refractivity contribution in [3.05, 3.63) is 65.3 Å². The van der Waals surface area contributed by atoms with E-state index in [1.54, 1.807) is 56.6 Å². The van der Waals surface area contributed by atoms with Gasteiger partial charge in [-0.15, -0.1) is 0 Å². The summed E-state index contributed by atoms with van der Waals surface area (Å²) in [5.41, 5.74) is -2.32. The molecule has 8 heteroatoms. The zero-order valence-electron chi connectivity index (χ0n) is 19.0. The summed E-state index contributed by atoms with van der Waals surface area (Å²) < 4.78 is 19.6. The molecule has 0 spiro atoms. The van der Waals surface area contributed by atoms with Crippen LogP contribution >= 0.6 is 0 Å². The summed E-state index contributed by atoms with van der Waals surface area (Å²) in [6.45, 7) is 9.35. The number of hydrogen-bond donors (Lipinski definition) is 3. The summed E-state index contributed by atoms with van der Waals surface area (Å²) in [6, 6.07) is 8.74. The van der Waals surface area contributed by atoms with Gasteiger partial charge in [-0.2, -0.15) is 4.98 Å². The number of pyridine rings is 1. The summed E-state index contributed by atoms with van der Waals surface area (Å²) in [7, 11) is 0. The number of alkyl halides is 1. The normalized spacial score (nSPS) is 18.1. The maximum absolute atomic E-state index is 14.4. The SMILES string of the molecule is CC(C)(O)c1nc(-c2cncc([C@@](O)(c3ccc(C(C)(C)F)cc3)C3(C)CNC3)c2)no1. The Labute approximate surface area is 186 Å². The monoisotopic (exact) mass is 440 g/mol. The third-order valence-corrected chi connectivity index (χ3v) is 6.26. The van der Waals surface area contributed by atoms with Crippen LogP contribution in [0.1, 0.15) is 57.2 Å². The molecule has 1 fully saturated rings. The Morgan fingerprint density at radius 3 is 2.12 bits per heavy atom. The molecule has 1 aromatic carbocycles. The van der Waals surface area contributed by atoms with Gasteiger partial charge in [-0.25, -0.2) is 4.39 Å². The molecule has 0 bridgehead atoms. The lowest BCUT2D eigenvalue weighted by Gasteiger charge is -2.52. The average Bonchev–Trinajstić information content (AvgIpc) is 3.22. The molecule has 3 N–H and O–H groups in total. The fraction of sp³-hybridized carbons (Fsp3) is 0.458. The Bertz CT molecular complexity index is 1110. The fourth-order valence-corrected chi connectivity index (χ4v) is 4.08. The number of benzene rings is 1. The minimum Gasteiger partial charge on any atom is -0.381 e. The van der Waals surface area contributed by atoms with Crippen molar-refractivity contribution >= 4 is 0 Å². The Balaban J connectivity index is 1.80. The van der Waals surface area contributed by atoms with Gasteiger partial charge in [0.05, 0.1) is 0 Å². The first-order chi connectivity index (χ1) is 14.8. The molecule has 1 atom stereocenters. The summed E-state index contributed by atoms with van der Waals surface area (Å²) in [6.07, 6.45) is 3.20. The van der Waals surface area contributed by atoms with Crippen LogP contribution in [-0.4, -0.2) is 38.4 Å². The molecule has 1 saturated heterocycles. The van der Waals surface area contributed by atoms with Crippen molar-refractivity contribution in [3.63, 3.8) is 0 Å². The van der Waals surface area contributed by atoms with E-state index in [4.69, 9.17) is 4.52 Å². The highest BCUT2D eigenvalue weighted by Gasteiger charge is 2.53. The van der Waals surface area contributed by atoms with Crippen LogP contribution in [0.2, 0.25) is 0 Å². The molecule has 3 aromatic rings. The molecule has 2 aromatic heterocycles. The van der Waals surface area contributed by atoms with Gasteiger partial charge in [-0.1, -0.05) is 36.3 Å². The van der Waals surface area contributed by atoms with Crippen molar-refractivity contribution in [3.8, 4) is 11.4 Å². The second kappa shape index (κ2) is 7.43. The van der Waals surface area contributed by atoms with Gasteiger partial charge < -0.3 is 20.1 Å². The average molecular weight is 441 g/mol. The van der Waals surface area contributed by atoms with E-state index in [1.165, 1.54) is 13.8 Å². The third-order valence-electron chi connectivity index (χ3n) is 6.26. The number of rotatable bonds is 6. The van der Waals surface area contributed by atoms with Crippen LogP contribution in [0.4, 0.5) is 4.39 Å². The highest BCUT2D eigenvalue weighted by Crippen LogP contribution is 2.48. The molecule has 1 aliphatic heterocycles. The number of hydrogen-bond acceptors (Lipinski definition) is 7. The van der Waals surface area contributed by atoms with Gasteiger partial charge in [0, 0.05) is 42.0 Å². The molecule has 0 aliphatic carbocycles. The van der Waals surface area contributed by atoms with Crippen molar-refractivity contribution in [2.24, 2.45) is 5.41 Å². The van der Waals surface area contributed by atoms with Gasteiger partial charge >= 0.3 is 0 Å². The molecular weight excluding hydrogens is 411 g/mol. The summed E-state index contributed by atoms with van der Waals surface area (Å²) in [4.78, 5) is 8.61. The van der Waals surface area contributed by atoms with E-state index in [9.17, 15) is 14.6 Å².